The molecule has 52 heavy (non-hydrogen) atoms. The predicted octanol–water partition coefficient (Wildman–Crippen LogP) is 4.11. The molecule has 0 aliphatic carbocycles. The SMILES string of the molecule is Cc1cn([C@H]2O[C@@H](CO[Si](C)(C)C(C)(C)C)[C@H](OC(=O)O[C@@H]3[C@@H](F)[C@@H](n4cc(C)c(=O)[nH]c4=O)O[C@H]3CO[Si](C)(C)C(C)(C)C)[C@H]2F)c(=O)[nH]c1=O. The van der Waals surface area contributed by atoms with Crippen LogP contribution in [0.4, 0.5) is 13.6 Å². The van der Waals surface area contributed by atoms with E-state index >= 15 is 8.78 Å². The molecule has 4 rings (SSSR count). The number of aryl methyl sites for hydroxylation is 2. The lowest BCUT2D eigenvalue weighted by Gasteiger charge is -2.37. The van der Waals surface area contributed by atoms with E-state index in [1.54, 1.807) is 0 Å². The van der Waals surface area contributed by atoms with Crippen LogP contribution in [0.3, 0.4) is 0 Å². The maximum absolute atomic E-state index is 16.3. The molecule has 0 radical (unpaired) electrons. The molecule has 0 saturated carbocycles. The van der Waals surface area contributed by atoms with Crippen molar-refractivity contribution < 1.29 is 41.4 Å². The van der Waals surface area contributed by atoms with Gasteiger partial charge in [-0.2, -0.15) is 0 Å². The summed E-state index contributed by atoms with van der Waals surface area (Å²) in [5.74, 6) is 0. The Morgan fingerprint density at radius 2 is 1.04 bits per heavy atom. The van der Waals surface area contributed by atoms with Gasteiger partial charge in [0.2, 0.25) is 0 Å². The van der Waals surface area contributed by atoms with Crippen molar-refractivity contribution in [3.63, 3.8) is 0 Å². The third-order valence-electron chi connectivity index (χ3n) is 10.7. The molecule has 2 aliphatic heterocycles. The fourth-order valence-electron chi connectivity index (χ4n) is 5.20. The van der Waals surface area contributed by atoms with E-state index in [0.717, 1.165) is 21.5 Å². The lowest BCUT2D eigenvalue weighted by Crippen LogP contribution is -2.46. The monoisotopic (exact) mass is 774 g/mol. The van der Waals surface area contributed by atoms with E-state index < -0.39 is 94.5 Å². The zero-order chi connectivity index (χ0) is 39.3. The van der Waals surface area contributed by atoms with E-state index in [1.807, 2.05) is 67.7 Å². The first-order chi connectivity index (χ1) is 23.8. The van der Waals surface area contributed by atoms with Crippen LogP contribution >= 0.6 is 0 Å². The number of hydrogen-bond donors (Lipinski definition) is 2. The second-order valence-corrected chi connectivity index (χ2v) is 26.2. The predicted molar refractivity (Wildman–Crippen MR) is 191 cm³/mol. The van der Waals surface area contributed by atoms with Crippen molar-refractivity contribution in [1.82, 2.24) is 19.1 Å². The largest absolute Gasteiger partial charge is 0.509 e. The molecule has 292 valence electrons. The van der Waals surface area contributed by atoms with Gasteiger partial charge in [-0.1, -0.05) is 41.5 Å². The first-order valence-electron chi connectivity index (χ1n) is 17.1. The van der Waals surface area contributed by atoms with Crippen LogP contribution in [0.25, 0.3) is 0 Å². The first kappa shape index (κ1) is 41.5. The molecule has 0 unspecified atom stereocenters. The zero-order valence-corrected chi connectivity index (χ0v) is 33.8. The molecule has 0 bridgehead atoms. The molecular formula is C33H52F2N4O11Si2. The van der Waals surface area contributed by atoms with Gasteiger partial charge in [0.1, 0.15) is 12.2 Å². The zero-order valence-electron chi connectivity index (χ0n) is 31.8. The number of aromatic nitrogens is 4. The quantitative estimate of drug-likeness (QED) is 0.262. The van der Waals surface area contributed by atoms with Crippen LogP contribution < -0.4 is 22.5 Å². The molecule has 8 atom stereocenters. The number of hydrogen-bond acceptors (Lipinski definition) is 11. The number of alkyl halides is 2. The molecule has 2 aromatic rings. The Balaban J connectivity index is 1.64. The molecule has 19 heteroatoms. The highest BCUT2D eigenvalue weighted by Gasteiger charge is 2.53. The highest BCUT2D eigenvalue weighted by atomic mass is 28.4. The average Bonchev–Trinajstić information content (AvgIpc) is 3.48. The summed E-state index contributed by atoms with van der Waals surface area (Å²) >= 11 is 0. The van der Waals surface area contributed by atoms with Crippen molar-refractivity contribution in [2.75, 3.05) is 13.2 Å². The number of nitrogens with zero attached hydrogens (tertiary/aromatic N) is 2. The maximum atomic E-state index is 16.3. The van der Waals surface area contributed by atoms with Gasteiger partial charge in [0.05, 0.1) is 13.2 Å². The minimum atomic E-state index is -2.45. The molecule has 2 saturated heterocycles. The van der Waals surface area contributed by atoms with Crippen LogP contribution in [-0.2, 0) is 27.8 Å². The van der Waals surface area contributed by atoms with E-state index in [2.05, 4.69) is 9.97 Å². The smallest absolute Gasteiger partial charge is 0.425 e. The fourth-order valence-corrected chi connectivity index (χ4v) is 7.23. The van der Waals surface area contributed by atoms with Crippen LogP contribution in [-0.4, -0.2) is 91.9 Å². The molecule has 15 nitrogen and oxygen atoms in total. The molecular weight excluding hydrogens is 723 g/mol. The molecule has 2 fully saturated rings. The minimum Gasteiger partial charge on any atom is -0.425 e. The van der Waals surface area contributed by atoms with Gasteiger partial charge in [0, 0.05) is 23.5 Å². The van der Waals surface area contributed by atoms with Gasteiger partial charge in [-0.25, -0.2) is 23.2 Å². The molecule has 2 aromatic heterocycles. The number of aromatic amines is 2. The van der Waals surface area contributed by atoms with Gasteiger partial charge >= 0.3 is 17.5 Å². The number of carbonyl (C=O) groups excluding carboxylic acids is 1. The molecule has 0 spiro atoms. The lowest BCUT2D eigenvalue weighted by atomic mass is 10.1. The maximum Gasteiger partial charge on any atom is 0.509 e. The van der Waals surface area contributed by atoms with Crippen molar-refractivity contribution in [2.45, 2.75) is 141 Å². The van der Waals surface area contributed by atoms with Gasteiger partial charge in [-0.3, -0.25) is 28.7 Å². The van der Waals surface area contributed by atoms with Gasteiger partial charge in [-0.15, -0.1) is 0 Å². The van der Waals surface area contributed by atoms with Crippen LogP contribution in [0.2, 0.25) is 36.3 Å². The van der Waals surface area contributed by atoms with Crippen molar-refractivity contribution >= 4 is 22.8 Å². The van der Waals surface area contributed by atoms with Gasteiger partial charge in [0.15, 0.2) is 53.6 Å². The molecule has 0 aromatic carbocycles. The van der Waals surface area contributed by atoms with Crippen LogP contribution in [0.5, 0.6) is 0 Å². The first-order valence-corrected chi connectivity index (χ1v) is 23.0. The summed E-state index contributed by atoms with van der Waals surface area (Å²) in [6.07, 6.45) is -12.6. The van der Waals surface area contributed by atoms with Crippen LogP contribution in [0, 0.1) is 13.8 Å². The van der Waals surface area contributed by atoms with Gasteiger partial charge < -0.3 is 27.8 Å². The standard InChI is InChI=1S/C33H52F2N4O11Si2/c1-17-13-38(29(42)36-25(17)40)27-21(34)23(19(47-27)15-45-51(9,10)32(3,4)5)49-31(44)50-24-20(16-46-52(11,12)33(6,7)8)48-28(22(24)35)39-14-18(2)26(41)37-30(39)43/h13-14,19-24,27-28H,15-16H2,1-12H3,(H,36,40,42)(H,37,41,43)/t19-,20-,21+,22+,23-,24-,27-,28-/m0/s1. The number of carbonyl (C=O) groups is 1. The van der Waals surface area contributed by atoms with Crippen LogP contribution in [0.1, 0.15) is 65.1 Å². The Morgan fingerprint density at radius 1 is 0.712 bits per heavy atom. The van der Waals surface area contributed by atoms with Gasteiger partial charge in [0.25, 0.3) is 11.1 Å². The summed E-state index contributed by atoms with van der Waals surface area (Å²) in [4.78, 5) is 67.2. The average molecular weight is 775 g/mol. The Kier molecular flexibility index (Phi) is 11.9. The van der Waals surface area contributed by atoms with Crippen molar-refractivity contribution in [3.8, 4) is 0 Å². The highest BCUT2D eigenvalue weighted by Crippen LogP contribution is 2.41. The summed E-state index contributed by atoms with van der Waals surface area (Å²) in [6, 6.07) is 0. The van der Waals surface area contributed by atoms with E-state index in [-0.39, 0.29) is 34.4 Å². The Bertz CT molecular complexity index is 1730. The van der Waals surface area contributed by atoms with Crippen molar-refractivity contribution in [3.05, 3.63) is 65.2 Å². The van der Waals surface area contributed by atoms with E-state index in [1.165, 1.54) is 13.8 Å². The van der Waals surface area contributed by atoms with Crippen molar-refractivity contribution in [2.24, 2.45) is 0 Å². The van der Waals surface area contributed by atoms with E-state index in [4.69, 9.17) is 27.8 Å². The Hall–Kier alpha value is -3.24. The molecule has 0 amide bonds. The number of halogens is 2. The van der Waals surface area contributed by atoms with Gasteiger partial charge in [-0.05, 0) is 50.1 Å². The number of ether oxygens (including phenoxy) is 4. The third kappa shape index (κ3) is 8.59. The topological polar surface area (TPSA) is 182 Å². The number of rotatable bonds is 10. The van der Waals surface area contributed by atoms with Crippen LogP contribution in [0.15, 0.2) is 31.6 Å². The van der Waals surface area contributed by atoms with E-state index in [0.29, 0.717) is 0 Å². The summed E-state index contributed by atoms with van der Waals surface area (Å²) in [5.41, 5.74) is -2.98. The highest BCUT2D eigenvalue weighted by molar-refractivity contribution is 6.74. The molecule has 4 heterocycles. The summed E-state index contributed by atoms with van der Waals surface area (Å²) in [5, 5.41) is -0.489. The number of nitrogens with one attached hydrogen (secondary N) is 2. The Labute approximate surface area is 302 Å². The fraction of sp³-hybridized carbons (Fsp3) is 0.727. The normalized spacial score (nSPS) is 27.2. The summed E-state index contributed by atoms with van der Waals surface area (Å²) < 4.78 is 69.8. The second kappa shape index (κ2) is 14.9. The summed E-state index contributed by atoms with van der Waals surface area (Å²) in [7, 11) is -4.90. The minimum absolute atomic E-state index is 0.112. The second-order valence-electron chi connectivity index (χ2n) is 16.5. The molecule has 2 N–H and O–H groups in total. The molecule has 2 aliphatic rings. The Morgan fingerprint density at radius 3 is 1.35 bits per heavy atom. The number of H-pyrrole nitrogens is 2. The van der Waals surface area contributed by atoms with E-state index in [9.17, 15) is 24.0 Å². The third-order valence-corrected chi connectivity index (χ3v) is 19.7. The lowest BCUT2D eigenvalue weighted by molar-refractivity contribution is -0.0756. The van der Waals surface area contributed by atoms with Crippen molar-refractivity contribution in [1.29, 1.82) is 0 Å². The summed E-state index contributed by atoms with van der Waals surface area (Å²) in [6.45, 7) is 22.3.